The van der Waals surface area contributed by atoms with E-state index in [1.54, 1.807) is 12.1 Å². The molecule has 3 aromatic rings. The van der Waals surface area contributed by atoms with E-state index in [9.17, 15) is 22.8 Å². The van der Waals surface area contributed by atoms with Gasteiger partial charge in [-0.1, -0.05) is 50.4 Å². The maximum absolute atomic E-state index is 12.7. The number of hydrogen-bond donors (Lipinski definition) is 2. The molecule has 0 bridgehead atoms. The van der Waals surface area contributed by atoms with Crippen molar-refractivity contribution in [2.75, 3.05) is 6.54 Å². The fourth-order valence-electron chi connectivity index (χ4n) is 3.83. The summed E-state index contributed by atoms with van der Waals surface area (Å²) in [6.45, 7) is 4.36. The number of rotatable bonds is 13. The minimum absolute atomic E-state index is 0.0687. The van der Waals surface area contributed by atoms with Crippen LogP contribution in [0.2, 0.25) is 5.02 Å². The van der Waals surface area contributed by atoms with Crippen LogP contribution < -0.4 is 14.8 Å². The van der Waals surface area contributed by atoms with E-state index >= 15 is 0 Å². The minimum Gasteiger partial charge on any atom is -0.431 e. The van der Waals surface area contributed by atoms with Gasteiger partial charge in [0.1, 0.15) is 6.10 Å². The van der Waals surface area contributed by atoms with Gasteiger partial charge in [-0.3, -0.25) is 9.59 Å². The van der Waals surface area contributed by atoms with Gasteiger partial charge in [-0.15, -0.1) is 0 Å². The molecule has 12 heteroatoms. The number of ether oxygens (including phenoxy) is 2. The van der Waals surface area contributed by atoms with Gasteiger partial charge in [-0.25, -0.2) is 22.9 Å². The third kappa shape index (κ3) is 9.87. The summed E-state index contributed by atoms with van der Waals surface area (Å²) in [5, 5.41) is 3.40. The highest BCUT2D eigenvalue weighted by atomic mass is 35.5. The average Bonchev–Trinajstić information content (AvgIpc) is 2.94. The Balaban J connectivity index is 1.52. The summed E-state index contributed by atoms with van der Waals surface area (Å²) in [5.41, 5.74) is 1.20. The van der Waals surface area contributed by atoms with Crippen LogP contribution in [0.3, 0.4) is 0 Å². The number of amides is 2. The first-order valence-corrected chi connectivity index (χ1v) is 15.0. The predicted octanol–water partition coefficient (Wildman–Crippen LogP) is 5.31. The summed E-state index contributed by atoms with van der Waals surface area (Å²) < 4.78 is 37.8. The van der Waals surface area contributed by atoms with Gasteiger partial charge < -0.3 is 14.8 Å². The molecule has 41 heavy (non-hydrogen) atoms. The number of benzene rings is 2. The zero-order chi connectivity index (χ0) is 29.8. The summed E-state index contributed by atoms with van der Waals surface area (Å²) in [7, 11) is -4.24. The molecule has 2 N–H and O–H groups in total. The summed E-state index contributed by atoms with van der Waals surface area (Å²) in [5.74, 6) is -1.39. The maximum Gasteiger partial charge on any atom is 0.515 e. The van der Waals surface area contributed by atoms with Gasteiger partial charge in [0.25, 0.3) is 21.8 Å². The molecule has 0 spiro atoms. The number of pyridine rings is 1. The number of halogens is 1. The Labute approximate surface area is 244 Å². The SMILES string of the molecule is CCCC(CCC)OC(=O)Oc1ccc(C(=O)NS(=O)(=O)c2ccc(C(=O)NCCc3ccc(Cl)cc3)cc2)cn1. The maximum atomic E-state index is 12.7. The molecule has 0 radical (unpaired) electrons. The second kappa shape index (κ2) is 15.2. The van der Waals surface area contributed by atoms with Gasteiger partial charge in [0.2, 0.25) is 5.88 Å². The molecule has 1 aromatic heterocycles. The van der Waals surface area contributed by atoms with Crippen molar-refractivity contribution in [1.29, 1.82) is 0 Å². The first-order chi connectivity index (χ1) is 19.6. The van der Waals surface area contributed by atoms with Gasteiger partial charge in [0, 0.05) is 29.4 Å². The largest absolute Gasteiger partial charge is 0.515 e. The van der Waals surface area contributed by atoms with Crippen LogP contribution in [0.15, 0.2) is 71.8 Å². The number of sulfonamides is 1. The summed E-state index contributed by atoms with van der Waals surface area (Å²) >= 11 is 5.87. The van der Waals surface area contributed by atoms with E-state index < -0.39 is 22.1 Å². The topological polar surface area (TPSA) is 141 Å². The Morgan fingerprint density at radius 3 is 2.10 bits per heavy atom. The van der Waals surface area contributed by atoms with Crippen molar-refractivity contribution in [1.82, 2.24) is 15.0 Å². The van der Waals surface area contributed by atoms with Gasteiger partial charge in [0.05, 0.1) is 10.5 Å². The number of nitrogens with one attached hydrogen (secondary N) is 2. The van der Waals surface area contributed by atoms with Crippen LogP contribution in [-0.2, 0) is 21.2 Å². The van der Waals surface area contributed by atoms with Crippen LogP contribution in [0.4, 0.5) is 4.79 Å². The van der Waals surface area contributed by atoms with E-state index in [1.165, 1.54) is 36.4 Å². The Hall–Kier alpha value is -3.96. The fraction of sp³-hybridized carbons (Fsp3) is 0.310. The molecule has 2 amide bonds. The molecule has 0 unspecified atom stereocenters. The standard InChI is InChI=1S/C29H32ClN3O7S/c1-3-5-24(6-4-2)39-29(36)40-26-16-11-22(19-32-26)28(35)33-41(37,38)25-14-9-21(10-15-25)27(34)31-18-17-20-7-12-23(30)13-8-20/h7-16,19,24H,3-6,17-18H2,1-2H3,(H,31,34)(H,33,35). The van der Waals surface area contributed by atoms with Crippen LogP contribution in [0, 0.1) is 0 Å². The fourth-order valence-corrected chi connectivity index (χ4v) is 4.93. The van der Waals surface area contributed by atoms with Crippen LogP contribution >= 0.6 is 11.6 Å². The molecular weight excluding hydrogens is 570 g/mol. The van der Waals surface area contributed by atoms with E-state index in [0.29, 0.717) is 30.8 Å². The van der Waals surface area contributed by atoms with Crippen molar-refractivity contribution < 1.29 is 32.3 Å². The van der Waals surface area contributed by atoms with E-state index in [-0.39, 0.29) is 33.9 Å². The number of aromatic nitrogens is 1. The lowest BCUT2D eigenvalue weighted by atomic mass is 10.1. The van der Waals surface area contributed by atoms with Crippen molar-refractivity contribution in [3.8, 4) is 5.88 Å². The third-order valence-corrected chi connectivity index (χ3v) is 7.54. The molecule has 0 saturated heterocycles. The first-order valence-electron chi connectivity index (χ1n) is 13.2. The van der Waals surface area contributed by atoms with Gasteiger partial charge in [0.15, 0.2) is 0 Å². The number of carbonyl (C=O) groups is 3. The molecule has 0 saturated carbocycles. The monoisotopic (exact) mass is 601 g/mol. The molecule has 218 valence electrons. The molecule has 10 nitrogen and oxygen atoms in total. The molecule has 0 atom stereocenters. The lowest BCUT2D eigenvalue weighted by molar-refractivity contribution is 0.0490. The zero-order valence-corrected chi connectivity index (χ0v) is 24.3. The second-order valence-corrected chi connectivity index (χ2v) is 11.3. The Bertz CT molecular complexity index is 1420. The molecule has 0 fully saturated rings. The van der Waals surface area contributed by atoms with E-state index in [1.807, 2.05) is 30.7 Å². The van der Waals surface area contributed by atoms with Crippen molar-refractivity contribution >= 4 is 39.6 Å². The normalized spacial score (nSPS) is 11.1. The highest BCUT2D eigenvalue weighted by Crippen LogP contribution is 2.15. The van der Waals surface area contributed by atoms with Crippen LogP contribution in [0.1, 0.15) is 65.8 Å². The Morgan fingerprint density at radius 1 is 0.878 bits per heavy atom. The van der Waals surface area contributed by atoms with Crippen molar-refractivity contribution in [2.24, 2.45) is 0 Å². The van der Waals surface area contributed by atoms with Gasteiger partial charge in [-0.05, 0) is 67.3 Å². The van der Waals surface area contributed by atoms with Crippen molar-refractivity contribution in [2.45, 2.75) is 57.0 Å². The summed E-state index contributed by atoms with van der Waals surface area (Å²) in [6.07, 6.45) is 3.67. The van der Waals surface area contributed by atoms with Crippen LogP contribution in [0.25, 0.3) is 0 Å². The van der Waals surface area contributed by atoms with E-state index in [0.717, 1.165) is 24.6 Å². The third-order valence-electron chi connectivity index (χ3n) is 5.94. The van der Waals surface area contributed by atoms with Crippen molar-refractivity contribution in [3.05, 3.63) is 88.6 Å². The number of nitrogens with zero attached hydrogens (tertiary/aromatic N) is 1. The summed E-state index contributed by atoms with van der Waals surface area (Å²) in [4.78, 5) is 40.7. The van der Waals surface area contributed by atoms with E-state index in [2.05, 4.69) is 10.3 Å². The van der Waals surface area contributed by atoms with Gasteiger partial charge in [-0.2, -0.15) is 0 Å². The lowest BCUT2D eigenvalue weighted by Crippen LogP contribution is -2.31. The van der Waals surface area contributed by atoms with Crippen LogP contribution in [-0.4, -0.2) is 44.0 Å². The number of carbonyl (C=O) groups excluding carboxylic acids is 3. The predicted molar refractivity (Wildman–Crippen MR) is 154 cm³/mol. The van der Waals surface area contributed by atoms with Crippen molar-refractivity contribution in [3.63, 3.8) is 0 Å². The van der Waals surface area contributed by atoms with Gasteiger partial charge >= 0.3 is 6.16 Å². The van der Waals surface area contributed by atoms with E-state index in [4.69, 9.17) is 21.1 Å². The zero-order valence-electron chi connectivity index (χ0n) is 22.8. The molecule has 2 aromatic carbocycles. The van der Waals surface area contributed by atoms with Crippen LogP contribution in [0.5, 0.6) is 5.88 Å². The summed E-state index contributed by atoms with van der Waals surface area (Å²) in [6, 6.07) is 15.0. The molecular formula is C29H32ClN3O7S. The molecule has 3 rings (SSSR count). The average molecular weight is 602 g/mol. The first kappa shape index (κ1) is 31.6. The molecule has 0 aliphatic carbocycles. The molecule has 0 aliphatic rings. The highest BCUT2D eigenvalue weighted by Gasteiger charge is 2.20. The quantitative estimate of drug-likeness (QED) is 0.251. The smallest absolute Gasteiger partial charge is 0.431 e. The highest BCUT2D eigenvalue weighted by molar-refractivity contribution is 7.90. The second-order valence-electron chi connectivity index (χ2n) is 9.15. The molecule has 0 aliphatic heterocycles. The lowest BCUT2D eigenvalue weighted by Gasteiger charge is -2.15. The molecule has 1 heterocycles. The Morgan fingerprint density at radius 2 is 1.51 bits per heavy atom. The Kier molecular flexibility index (Phi) is 11.7. The number of hydrogen-bond acceptors (Lipinski definition) is 8. The minimum atomic E-state index is -4.24.